The van der Waals surface area contributed by atoms with Crippen LogP contribution in [0.4, 0.5) is 0 Å². The summed E-state index contributed by atoms with van der Waals surface area (Å²) in [6.07, 6.45) is 2.99. The Bertz CT molecular complexity index is 672. The van der Waals surface area contributed by atoms with Gasteiger partial charge in [0.1, 0.15) is 6.61 Å². The van der Waals surface area contributed by atoms with E-state index in [1.807, 2.05) is 5.38 Å². The quantitative estimate of drug-likeness (QED) is 0.591. The highest BCUT2D eigenvalue weighted by Crippen LogP contribution is 2.29. The fourth-order valence-electron chi connectivity index (χ4n) is 2.36. The Morgan fingerprint density at radius 3 is 2.70 bits per heavy atom. The molecule has 0 radical (unpaired) electrons. The molecule has 1 atom stereocenters. The minimum Gasteiger partial charge on any atom is -0.493 e. The maximum absolute atomic E-state index is 12.4. The molecule has 0 fully saturated rings. The molecule has 0 saturated heterocycles. The molecule has 0 bridgehead atoms. The lowest BCUT2D eigenvalue weighted by Gasteiger charge is -2.17. The predicted molar refractivity (Wildman–Crippen MR) is 114 cm³/mol. The average Bonchev–Trinajstić information content (AvgIpc) is 3.16. The number of amides is 1. The third kappa shape index (κ3) is 7.92. The van der Waals surface area contributed by atoms with Gasteiger partial charge in [-0.2, -0.15) is 0 Å². The van der Waals surface area contributed by atoms with Crippen LogP contribution in [0.25, 0.3) is 0 Å². The molecule has 2 rings (SSSR count). The van der Waals surface area contributed by atoms with E-state index in [9.17, 15) is 4.79 Å². The van der Waals surface area contributed by atoms with Crippen molar-refractivity contribution < 1.29 is 14.3 Å². The minimum atomic E-state index is -0.157. The van der Waals surface area contributed by atoms with Gasteiger partial charge in [0.25, 0.3) is 5.91 Å². The summed E-state index contributed by atoms with van der Waals surface area (Å²) in [6, 6.07) is 5.13. The molecule has 1 amide bonds. The molecule has 1 aromatic heterocycles. The van der Waals surface area contributed by atoms with Crippen LogP contribution in [0.2, 0.25) is 0 Å². The lowest BCUT2D eigenvalue weighted by Crippen LogP contribution is -2.40. The van der Waals surface area contributed by atoms with Crippen molar-refractivity contribution in [3.63, 3.8) is 0 Å². The zero-order chi connectivity index (χ0) is 18.1. The van der Waals surface area contributed by atoms with E-state index in [4.69, 9.17) is 15.2 Å². The second-order valence-corrected chi connectivity index (χ2v) is 6.40. The van der Waals surface area contributed by atoms with E-state index < -0.39 is 0 Å². The van der Waals surface area contributed by atoms with Crippen molar-refractivity contribution in [1.82, 2.24) is 10.3 Å². The normalized spacial score (nSPS) is 10.9. The number of thiazole rings is 1. The number of carbonyl (C=O) groups excluding carboxylic acids is 1. The first-order valence-electron chi connectivity index (χ1n) is 8.36. The summed E-state index contributed by atoms with van der Waals surface area (Å²) in [5, 5.41) is 4.90. The number of benzene rings is 1. The first kappa shape index (κ1) is 25.5. The summed E-state index contributed by atoms with van der Waals surface area (Å²) >= 11 is 1.52. The second kappa shape index (κ2) is 13.6. The largest absolute Gasteiger partial charge is 0.493 e. The van der Waals surface area contributed by atoms with Crippen LogP contribution in [-0.2, 0) is 6.61 Å². The second-order valence-electron chi connectivity index (χ2n) is 5.68. The Hall–Kier alpha value is -1.54. The van der Waals surface area contributed by atoms with E-state index in [-0.39, 0.29) is 36.8 Å². The maximum atomic E-state index is 12.4. The Morgan fingerprint density at radius 1 is 1.33 bits per heavy atom. The summed E-state index contributed by atoms with van der Waals surface area (Å²) in [4.78, 5) is 16.6. The standard InChI is InChI=1S/C18H25N3O3S.2ClH/c1-3-4-5-14(9-19)21-18(22)13-6-7-16(17(8-13)23-2)24-10-15-11-25-12-20-15;;/h6-8,11-12,14H,3-5,9-10,19H2,1-2H3,(H,21,22);2*1H. The van der Waals surface area contributed by atoms with Crippen LogP contribution >= 0.6 is 36.2 Å². The summed E-state index contributed by atoms with van der Waals surface area (Å²) < 4.78 is 11.1. The van der Waals surface area contributed by atoms with E-state index in [0.29, 0.717) is 30.2 Å². The van der Waals surface area contributed by atoms with Crippen molar-refractivity contribution >= 4 is 42.1 Å². The number of ether oxygens (including phenoxy) is 2. The van der Waals surface area contributed by atoms with Crippen LogP contribution in [-0.4, -0.2) is 30.6 Å². The molecule has 3 N–H and O–H groups in total. The number of nitrogens with zero attached hydrogens (tertiary/aromatic N) is 1. The number of methoxy groups -OCH3 is 1. The van der Waals surface area contributed by atoms with Crippen molar-refractivity contribution in [1.29, 1.82) is 0 Å². The van der Waals surface area contributed by atoms with Gasteiger partial charge in [0, 0.05) is 23.5 Å². The van der Waals surface area contributed by atoms with E-state index in [1.54, 1.807) is 30.8 Å². The van der Waals surface area contributed by atoms with Crippen LogP contribution in [0.1, 0.15) is 42.2 Å². The summed E-state index contributed by atoms with van der Waals surface area (Å²) in [6.45, 7) is 2.90. The van der Waals surface area contributed by atoms with E-state index >= 15 is 0 Å². The first-order chi connectivity index (χ1) is 12.2. The number of hydrogen-bond donors (Lipinski definition) is 2. The van der Waals surface area contributed by atoms with E-state index in [0.717, 1.165) is 25.0 Å². The van der Waals surface area contributed by atoms with Crippen LogP contribution in [0, 0.1) is 0 Å². The SMILES string of the molecule is CCCCC(CN)NC(=O)c1ccc(OCc2cscn2)c(OC)c1.Cl.Cl. The van der Waals surface area contributed by atoms with Crippen molar-refractivity contribution in [2.75, 3.05) is 13.7 Å². The molecule has 27 heavy (non-hydrogen) atoms. The van der Waals surface area contributed by atoms with Crippen LogP contribution < -0.4 is 20.5 Å². The molecule has 0 aliphatic rings. The van der Waals surface area contributed by atoms with Gasteiger partial charge in [0.15, 0.2) is 11.5 Å². The van der Waals surface area contributed by atoms with Gasteiger partial charge in [0.2, 0.25) is 0 Å². The Morgan fingerprint density at radius 2 is 2.11 bits per heavy atom. The van der Waals surface area contributed by atoms with E-state index in [1.165, 1.54) is 11.3 Å². The van der Waals surface area contributed by atoms with Crippen LogP contribution in [0.15, 0.2) is 29.1 Å². The number of nitrogens with one attached hydrogen (secondary N) is 1. The minimum absolute atomic E-state index is 0. The van der Waals surface area contributed by atoms with Gasteiger partial charge in [-0.15, -0.1) is 36.2 Å². The number of aromatic nitrogens is 1. The Kier molecular flexibility index (Phi) is 12.8. The van der Waals surface area contributed by atoms with Crippen molar-refractivity contribution in [3.05, 3.63) is 40.3 Å². The monoisotopic (exact) mass is 435 g/mol. The number of hydrogen-bond acceptors (Lipinski definition) is 6. The van der Waals surface area contributed by atoms with Crippen molar-refractivity contribution in [3.8, 4) is 11.5 Å². The van der Waals surface area contributed by atoms with Crippen molar-refractivity contribution in [2.24, 2.45) is 5.73 Å². The zero-order valence-electron chi connectivity index (χ0n) is 15.5. The van der Waals surface area contributed by atoms with Gasteiger partial charge in [-0.05, 0) is 24.6 Å². The highest BCUT2D eigenvalue weighted by atomic mass is 35.5. The molecule has 0 saturated carbocycles. The molecule has 6 nitrogen and oxygen atoms in total. The average molecular weight is 436 g/mol. The van der Waals surface area contributed by atoms with Crippen LogP contribution in [0.3, 0.4) is 0 Å². The molecular formula is C18H27Cl2N3O3S. The molecule has 1 aromatic carbocycles. The van der Waals surface area contributed by atoms with Crippen LogP contribution in [0.5, 0.6) is 11.5 Å². The number of halogens is 2. The third-order valence-corrected chi connectivity index (χ3v) is 4.45. The Labute approximate surface area is 176 Å². The first-order valence-corrected chi connectivity index (χ1v) is 9.31. The molecule has 1 heterocycles. The number of rotatable bonds is 10. The highest BCUT2D eigenvalue weighted by molar-refractivity contribution is 7.07. The number of carbonyl (C=O) groups is 1. The molecular weight excluding hydrogens is 409 g/mol. The topological polar surface area (TPSA) is 86.5 Å². The van der Waals surface area contributed by atoms with E-state index in [2.05, 4.69) is 17.2 Å². The van der Waals surface area contributed by atoms with Gasteiger partial charge in [0.05, 0.1) is 18.3 Å². The smallest absolute Gasteiger partial charge is 0.251 e. The van der Waals surface area contributed by atoms with Gasteiger partial charge < -0.3 is 20.5 Å². The number of nitrogens with two attached hydrogens (primary N) is 1. The van der Waals surface area contributed by atoms with Gasteiger partial charge in [-0.3, -0.25) is 4.79 Å². The van der Waals surface area contributed by atoms with Gasteiger partial charge >= 0.3 is 0 Å². The lowest BCUT2D eigenvalue weighted by atomic mass is 10.1. The zero-order valence-corrected chi connectivity index (χ0v) is 17.9. The third-order valence-electron chi connectivity index (χ3n) is 3.81. The molecule has 152 valence electrons. The van der Waals surface area contributed by atoms with Crippen molar-refractivity contribution in [2.45, 2.75) is 38.8 Å². The fourth-order valence-corrected chi connectivity index (χ4v) is 2.90. The van der Waals surface area contributed by atoms with Gasteiger partial charge in [-0.25, -0.2) is 4.98 Å². The Balaban J connectivity index is 0.00000338. The molecule has 9 heteroatoms. The van der Waals surface area contributed by atoms with Gasteiger partial charge in [-0.1, -0.05) is 19.8 Å². The highest BCUT2D eigenvalue weighted by Gasteiger charge is 2.15. The maximum Gasteiger partial charge on any atom is 0.251 e. The lowest BCUT2D eigenvalue weighted by molar-refractivity contribution is 0.0935. The molecule has 2 aromatic rings. The molecule has 1 unspecified atom stereocenters. The summed E-state index contributed by atoms with van der Waals surface area (Å²) in [5.74, 6) is 0.935. The molecule has 0 spiro atoms. The molecule has 0 aliphatic carbocycles. The summed E-state index contributed by atoms with van der Waals surface area (Å²) in [7, 11) is 1.55. The predicted octanol–water partition coefficient (Wildman–Crippen LogP) is 3.82. The fraction of sp³-hybridized carbons (Fsp3) is 0.444. The summed E-state index contributed by atoms with van der Waals surface area (Å²) in [5.41, 5.74) is 8.88. The molecule has 0 aliphatic heterocycles. The number of unbranched alkanes of at least 4 members (excludes halogenated alkanes) is 1.